The van der Waals surface area contributed by atoms with Crippen molar-refractivity contribution in [3.63, 3.8) is 0 Å². The third-order valence-corrected chi connectivity index (χ3v) is 4.85. The zero-order chi connectivity index (χ0) is 17.6. The van der Waals surface area contributed by atoms with Crippen LogP contribution in [0.15, 0.2) is 48.5 Å². The zero-order valence-electron chi connectivity index (χ0n) is 14.5. The van der Waals surface area contributed by atoms with Gasteiger partial charge in [-0.3, -0.25) is 10.1 Å². The Morgan fingerprint density at radius 2 is 1.56 bits per heavy atom. The number of quaternary nitrogens is 2. The Bertz CT molecular complexity index is 710. The fourth-order valence-electron chi connectivity index (χ4n) is 3.41. The van der Waals surface area contributed by atoms with Gasteiger partial charge < -0.3 is 14.5 Å². The van der Waals surface area contributed by atoms with E-state index in [4.69, 9.17) is 4.74 Å². The first kappa shape index (κ1) is 17.4. The van der Waals surface area contributed by atoms with E-state index in [1.165, 1.54) is 10.5 Å². The van der Waals surface area contributed by atoms with Crippen LogP contribution in [-0.2, 0) is 13.1 Å². The van der Waals surface area contributed by atoms with Crippen LogP contribution in [0.2, 0.25) is 0 Å². The number of non-ortho nitro benzene ring substituents is 1. The van der Waals surface area contributed by atoms with Gasteiger partial charge in [0.25, 0.3) is 5.69 Å². The number of ether oxygens (including phenoxy) is 1. The number of hydrogen-bond donors (Lipinski definition) is 2. The molecule has 0 saturated carbocycles. The van der Waals surface area contributed by atoms with Gasteiger partial charge in [0.2, 0.25) is 0 Å². The highest BCUT2D eigenvalue weighted by atomic mass is 16.6. The van der Waals surface area contributed by atoms with Crippen molar-refractivity contribution in [1.29, 1.82) is 0 Å². The van der Waals surface area contributed by atoms with Gasteiger partial charge in [0.15, 0.2) is 0 Å². The van der Waals surface area contributed by atoms with Crippen LogP contribution in [0.5, 0.6) is 5.75 Å². The van der Waals surface area contributed by atoms with Crippen molar-refractivity contribution in [2.24, 2.45) is 0 Å². The lowest BCUT2D eigenvalue weighted by molar-refractivity contribution is -1.02. The maximum Gasteiger partial charge on any atom is 0.269 e. The zero-order valence-corrected chi connectivity index (χ0v) is 14.5. The van der Waals surface area contributed by atoms with Crippen LogP contribution in [-0.4, -0.2) is 38.2 Å². The van der Waals surface area contributed by atoms with E-state index in [9.17, 15) is 10.1 Å². The van der Waals surface area contributed by atoms with Gasteiger partial charge in [-0.2, -0.15) is 0 Å². The quantitative estimate of drug-likeness (QED) is 0.577. The minimum absolute atomic E-state index is 0.181. The standard InChI is InChI=1S/C19H23N3O3/c1-25-19-7-5-16(6-8-19)14-20-9-11-21(12-10-20)15-17-3-2-4-18(13-17)22(23)24/h2-8,13H,9-12,14-15H2,1H3/p+2. The SMILES string of the molecule is COc1ccc(C[NH+]2CC[NH+](Cc3cccc([N+](=O)[O-])c3)CC2)cc1. The van der Waals surface area contributed by atoms with Crippen molar-refractivity contribution in [3.05, 3.63) is 69.8 Å². The minimum Gasteiger partial charge on any atom is -0.497 e. The van der Waals surface area contributed by atoms with Gasteiger partial charge in [-0.05, 0) is 24.3 Å². The molecule has 3 rings (SSSR count). The van der Waals surface area contributed by atoms with E-state index in [1.807, 2.05) is 18.2 Å². The summed E-state index contributed by atoms with van der Waals surface area (Å²) in [7, 11) is 1.68. The molecule has 132 valence electrons. The van der Waals surface area contributed by atoms with Crippen molar-refractivity contribution >= 4 is 5.69 Å². The highest BCUT2D eigenvalue weighted by Crippen LogP contribution is 2.12. The Kier molecular flexibility index (Phi) is 5.63. The van der Waals surface area contributed by atoms with E-state index < -0.39 is 0 Å². The van der Waals surface area contributed by atoms with Crippen LogP contribution in [0.4, 0.5) is 5.69 Å². The molecule has 0 aromatic heterocycles. The molecule has 0 atom stereocenters. The predicted octanol–water partition coefficient (Wildman–Crippen LogP) is 0.0870. The van der Waals surface area contributed by atoms with Gasteiger partial charge in [-0.25, -0.2) is 0 Å². The molecule has 1 aliphatic rings. The Morgan fingerprint density at radius 1 is 0.960 bits per heavy atom. The summed E-state index contributed by atoms with van der Waals surface area (Å²) in [4.78, 5) is 13.7. The number of nitro benzene ring substituents is 1. The number of nitro groups is 1. The second-order valence-electron chi connectivity index (χ2n) is 6.63. The highest BCUT2D eigenvalue weighted by Gasteiger charge is 2.23. The molecule has 2 aromatic carbocycles. The molecule has 0 radical (unpaired) electrons. The molecule has 2 aromatic rings. The average Bonchev–Trinajstić information content (AvgIpc) is 2.64. The van der Waals surface area contributed by atoms with E-state index in [2.05, 4.69) is 12.1 Å². The van der Waals surface area contributed by atoms with E-state index >= 15 is 0 Å². The maximum atomic E-state index is 10.9. The maximum absolute atomic E-state index is 10.9. The second-order valence-corrected chi connectivity index (χ2v) is 6.63. The molecule has 0 aliphatic carbocycles. The molecule has 0 bridgehead atoms. The number of nitrogens with zero attached hydrogens (tertiary/aromatic N) is 1. The average molecular weight is 343 g/mol. The summed E-state index contributed by atoms with van der Waals surface area (Å²) < 4.78 is 5.20. The van der Waals surface area contributed by atoms with Crippen LogP contribution in [0.1, 0.15) is 11.1 Å². The van der Waals surface area contributed by atoms with Crippen LogP contribution in [0.25, 0.3) is 0 Å². The van der Waals surface area contributed by atoms with Crippen molar-refractivity contribution in [3.8, 4) is 5.75 Å². The minimum atomic E-state index is -0.324. The molecule has 2 N–H and O–H groups in total. The monoisotopic (exact) mass is 343 g/mol. The lowest BCUT2D eigenvalue weighted by atomic mass is 10.1. The van der Waals surface area contributed by atoms with Crippen molar-refractivity contribution in [1.82, 2.24) is 0 Å². The molecule has 1 saturated heterocycles. The largest absolute Gasteiger partial charge is 0.497 e. The summed E-state index contributed by atoms with van der Waals surface area (Å²) in [6.07, 6.45) is 0. The summed E-state index contributed by atoms with van der Waals surface area (Å²) in [5.74, 6) is 0.893. The summed E-state index contributed by atoms with van der Waals surface area (Å²) >= 11 is 0. The number of rotatable bonds is 6. The van der Waals surface area contributed by atoms with Gasteiger partial charge in [-0.1, -0.05) is 12.1 Å². The molecule has 6 nitrogen and oxygen atoms in total. The van der Waals surface area contributed by atoms with Gasteiger partial charge in [0, 0.05) is 23.3 Å². The Labute approximate surface area is 147 Å². The van der Waals surface area contributed by atoms with Crippen LogP contribution in [0.3, 0.4) is 0 Å². The smallest absolute Gasteiger partial charge is 0.269 e. The van der Waals surface area contributed by atoms with Gasteiger partial charge in [0.05, 0.1) is 12.0 Å². The second kappa shape index (κ2) is 8.09. The fraction of sp³-hybridized carbons (Fsp3) is 0.368. The fourth-order valence-corrected chi connectivity index (χ4v) is 3.41. The number of hydrogen-bond acceptors (Lipinski definition) is 3. The van der Waals surface area contributed by atoms with Crippen LogP contribution < -0.4 is 14.5 Å². The molecular weight excluding hydrogens is 318 g/mol. The molecule has 0 amide bonds. The van der Waals surface area contributed by atoms with Gasteiger partial charge in [-0.15, -0.1) is 0 Å². The lowest BCUT2D eigenvalue weighted by Gasteiger charge is -2.29. The number of methoxy groups -OCH3 is 1. The molecule has 1 heterocycles. The first-order valence-electron chi connectivity index (χ1n) is 8.67. The summed E-state index contributed by atoms with van der Waals surface area (Å²) in [6, 6.07) is 15.3. The molecule has 0 spiro atoms. The summed E-state index contributed by atoms with van der Waals surface area (Å²) in [5.41, 5.74) is 2.56. The highest BCUT2D eigenvalue weighted by molar-refractivity contribution is 5.33. The number of nitrogens with one attached hydrogen (secondary N) is 2. The predicted molar refractivity (Wildman–Crippen MR) is 94.9 cm³/mol. The first-order valence-corrected chi connectivity index (χ1v) is 8.67. The van der Waals surface area contributed by atoms with E-state index in [1.54, 1.807) is 30.2 Å². The number of piperazine rings is 1. The van der Waals surface area contributed by atoms with Crippen molar-refractivity contribution in [2.45, 2.75) is 13.1 Å². The molecule has 1 fully saturated rings. The molecule has 6 heteroatoms. The molecule has 0 unspecified atom stereocenters. The third kappa shape index (κ3) is 4.78. The van der Waals surface area contributed by atoms with Gasteiger partial charge >= 0.3 is 0 Å². The normalized spacial score (nSPS) is 20.2. The van der Waals surface area contributed by atoms with Gasteiger partial charge in [0.1, 0.15) is 45.0 Å². The Hall–Kier alpha value is -2.44. The summed E-state index contributed by atoms with van der Waals surface area (Å²) in [5, 5.41) is 10.9. The van der Waals surface area contributed by atoms with Crippen molar-refractivity contribution in [2.75, 3.05) is 33.3 Å². The summed E-state index contributed by atoms with van der Waals surface area (Å²) in [6.45, 7) is 6.32. The first-order chi connectivity index (χ1) is 12.1. The molecule has 1 aliphatic heterocycles. The number of benzene rings is 2. The lowest BCUT2D eigenvalue weighted by Crippen LogP contribution is -3.27. The van der Waals surface area contributed by atoms with Crippen LogP contribution in [0, 0.1) is 10.1 Å². The topological polar surface area (TPSA) is 61.2 Å². The van der Waals surface area contributed by atoms with Crippen molar-refractivity contribution < 1.29 is 19.5 Å². The van der Waals surface area contributed by atoms with Crippen LogP contribution >= 0.6 is 0 Å². The molecule has 25 heavy (non-hydrogen) atoms. The Morgan fingerprint density at radius 3 is 2.12 bits per heavy atom. The van der Waals surface area contributed by atoms with E-state index in [-0.39, 0.29) is 10.6 Å². The Balaban J connectivity index is 1.49. The third-order valence-electron chi connectivity index (χ3n) is 4.85. The molecular formula is C19H25N3O3+2. The van der Waals surface area contributed by atoms with E-state index in [0.717, 1.165) is 50.6 Å². The van der Waals surface area contributed by atoms with E-state index in [0.29, 0.717) is 0 Å².